The first kappa shape index (κ1) is 13.7. The van der Waals surface area contributed by atoms with Gasteiger partial charge in [-0.15, -0.1) is 6.42 Å². The van der Waals surface area contributed by atoms with Crippen LogP contribution in [-0.4, -0.2) is 0 Å². The third-order valence-electron chi connectivity index (χ3n) is 1.29. The van der Waals surface area contributed by atoms with Crippen LogP contribution < -0.4 is 0 Å². The summed E-state index contributed by atoms with van der Waals surface area (Å²) in [4.78, 5) is 0. The van der Waals surface area contributed by atoms with E-state index in [4.69, 9.17) is 0 Å². The van der Waals surface area contributed by atoms with Crippen LogP contribution in [-0.2, 0) is 21.1 Å². The molecule has 1 rings (SSSR count). The Morgan fingerprint density at radius 2 is 2.00 bits per heavy atom. The molecular formula is C10H16Pt. The molecule has 0 bridgehead atoms. The van der Waals surface area contributed by atoms with Gasteiger partial charge in [0.1, 0.15) is 0 Å². The summed E-state index contributed by atoms with van der Waals surface area (Å²) in [5.74, 6) is 1.50. The fourth-order valence-electron chi connectivity index (χ4n) is 0.340. The molecule has 0 aromatic heterocycles. The predicted molar refractivity (Wildman–Crippen MR) is 46.5 cm³/mol. The first-order valence-electron chi connectivity index (χ1n) is 3.78. The average Bonchev–Trinajstić information content (AvgIpc) is 2.43. The Bertz CT molecular complexity index is 102. The zero-order valence-corrected chi connectivity index (χ0v) is 9.73. The molecule has 0 heterocycles. The third-order valence-corrected chi connectivity index (χ3v) is 1.29. The molecule has 0 N–H and O–H groups in total. The molecule has 0 aliphatic heterocycles. The first-order valence-corrected chi connectivity index (χ1v) is 3.78. The van der Waals surface area contributed by atoms with Crippen molar-refractivity contribution < 1.29 is 21.1 Å². The summed E-state index contributed by atoms with van der Waals surface area (Å²) < 4.78 is 0. The number of rotatable bonds is 1. The summed E-state index contributed by atoms with van der Waals surface area (Å²) >= 11 is 0. The first-order chi connectivity index (χ1) is 4.77. The molecule has 0 aromatic rings. The molecule has 0 spiro atoms. The van der Waals surface area contributed by atoms with Gasteiger partial charge in [-0.1, -0.05) is 6.92 Å². The summed E-state index contributed by atoms with van der Waals surface area (Å²) in [7, 11) is 0. The number of hydrogen-bond acceptors (Lipinski definition) is 0. The molecule has 1 aliphatic carbocycles. The standard InChI is InChI=1S/C5H5.C5H11.Pt/c1-2-4-5-3-1;1-4-5(2)3;/h1-3H,4H2;4H2,1-3H3;/q2*-1;+2. The number of allylic oxidation sites excluding steroid dienone is 4. The van der Waals surface area contributed by atoms with E-state index >= 15 is 0 Å². The molecule has 11 heavy (non-hydrogen) atoms. The van der Waals surface area contributed by atoms with Crippen LogP contribution in [0.1, 0.15) is 33.6 Å². The maximum absolute atomic E-state index is 2.99. The van der Waals surface area contributed by atoms with Crippen LogP contribution in [0.5, 0.6) is 0 Å². The van der Waals surface area contributed by atoms with Gasteiger partial charge in [0.2, 0.25) is 0 Å². The Labute approximate surface area is 85.0 Å². The second kappa shape index (κ2) is 10.2. The van der Waals surface area contributed by atoms with E-state index in [-0.39, 0.29) is 21.1 Å². The molecule has 0 radical (unpaired) electrons. The zero-order valence-electron chi connectivity index (χ0n) is 7.46. The summed E-state index contributed by atoms with van der Waals surface area (Å²) in [6, 6.07) is 0. The SMILES string of the molecule is CC[C-](C)C.[C-]1=CC=CC1.[Pt+2]. The predicted octanol–water partition coefficient (Wildman–Crippen LogP) is 3.31. The maximum Gasteiger partial charge on any atom is 2.00 e. The molecule has 0 atom stereocenters. The Kier molecular flexibility index (Phi) is 12.7. The van der Waals surface area contributed by atoms with Crippen molar-refractivity contribution in [1.29, 1.82) is 0 Å². The zero-order chi connectivity index (χ0) is 7.82. The van der Waals surface area contributed by atoms with E-state index in [1.807, 2.05) is 12.2 Å². The molecule has 1 aliphatic rings. The van der Waals surface area contributed by atoms with Gasteiger partial charge >= 0.3 is 21.1 Å². The van der Waals surface area contributed by atoms with Gasteiger partial charge in [-0.25, -0.2) is 12.2 Å². The molecule has 0 saturated heterocycles. The van der Waals surface area contributed by atoms with Gasteiger partial charge in [-0.05, 0) is 0 Å². The van der Waals surface area contributed by atoms with E-state index in [2.05, 4.69) is 32.9 Å². The minimum Gasteiger partial charge on any atom is -0.320 e. The monoisotopic (exact) mass is 331 g/mol. The molecule has 0 saturated carbocycles. The molecule has 0 amide bonds. The maximum atomic E-state index is 2.99. The van der Waals surface area contributed by atoms with Crippen LogP contribution in [0.4, 0.5) is 0 Å². The van der Waals surface area contributed by atoms with E-state index in [0.29, 0.717) is 0 Å². The van der Waals surface area contributed by atoms with E-state index in [0.717, 1.165) is 6.42 Å². The van der Waals surface area contributed by atoms with E-state index in [1.54, 1.807) is 0 Å². The molecule has 66 valence electrons. The molecule has 1 heteroatoms. The van der Waals surface area contributed by atoms with Gasteiger partial charge in [0.05, 0.1) is 0 Å². The summed E-state index contributed by atoms with van der Waals surface area (Å²) in [6.45, 7) is 6.44. The van der Waals surface area contributed by atoms with Crippen molar-refractivity contribution in [3.05, 3.63) is 30.2 Å². The van der Waals surface area contributed by atoms with E-state index < -0.39 is 0 Å². The van der Waals surface area contributed by atoms with Crippen molar-refractivity contribution in [3.63, 3.8) is 0 Å². The Balaban J connectivity index is 0. The van der Waals surface area contributed by atoms with Gasteiger partial charge in [-0.2, -0.15) is 26.3 Å². The summed E-state index contributed by atoms with van der Waals surface area (Å²) in [5.41, 5.74) is 0. The van der Waals surface area contributed by atoms with Gasteiger partial charge in [0.15, 0.2) is 0 Å². The van der Waals surface area contributed by atoms with Crippen molar-refractivity contribution in [3.8, 4) is 0 Å². The quantitative estimate of drug-likeness (QED) is 0.647. The van der Waals surface area contributed by atoms with E-state index in [9.17, 15) is 0 Å². The fourth-order valence-corrected chi connectivity index (χ4v) is 0.340. The summed E-state index contributed by atoms with van der Waals surface area (Å²) in [6.07, 6.45) is 11.2. The Hall–Kier alpha value is 0.168. The second-order valence-electron chi connectivity index (χ2n) is 2.56. The average molecular weight is 331 g/mol. The van der Waals surface area contributed by atoms with Gasteiger partial charge in [-0.3, -0.25) is 6.08 Å². The van der Waals surface area contributed by atoms with Crippen molar-refractivity contribution in [1.82, 2.24) is 0 Å². The molecule has 0 nitrogen and oxygen atoms in total. The van der Waals surface area contributed by atoms with Crippen molar-refractivity contribution >= 4 is 0 Å². The summed E-state index contributed by atoms with van der Waals surface area (Å²) in [5, 5.41) is 0. The Morgan fingerprint density at radius 1 is 1.45 bits per heavy atom. The molecule has 0 fully saturated rings. The minimum atomic E-state index is 0. The van der Waals surface area contributed by atoms with Crippen LogP contribution >= 0.6 is 0 Å². The van der Waals surface area contributed by atoms with Crippen molar-refractivity contribution in [2.75, 3.05) is 0 Å². The fraction of sp³-hybridized carbons (Fsp3) is 0.500. The smallest absolute Gasteiger partial charge is 0.320 e. The largest absolute Gasteiger partial charge is 2.00 e. The number of hydrogen-bond donors (Lipinski definition) is 0. The second-order valence-corrected chi connectivity index (χ2v) is 2.56. The third kappa shape index (κ3) is 13.2. The van der Waals surface area contributed by atoms with Gasteiger partial charge in [0.25, 0.3) is 0 Å². The van der Waals surface area contributed by atoms with E-state index in [1.165, 1.54) is 12.3 Å². The van der Waals surface area contributed by atoms with Crippen LogP contribution in [0.15, 0.2) is 18.2 Å². The van der Waals surface area contributed by atoms with Crippen LogP contribution in [0, 0.1) is 12.0 Å². The normalized spacial score (nSPS) is 12.4. The van der Waals surface area contributed by atoms with Crippen molar-refractivity contribution in [2.45, 2.75) is 33.6 Å². The van der Waals surface area contributed by atoms with Crippen LogP contribution in [0.3, 0.4) is 0 Å². The molecule has 0 aromatic carbocycles. The van der Waals surface area contributed by atoms with Crippen LogP contribution in [0.2, 0.25) is 0 Å². The molecule has 0 unspecified atom stereocenters. The Morgan fingerprint density at radius 3 is 2.09 bits per heavy atom. The van der Waals surface area contributed by atoms with Gasteiger partial charge in [0, 0.05) is 0 Å². The topological polar surface area (TPSA) is 0 Å². The van der Waals surface area contributed by atoms with Crippen LogP contribution in [0.25, 0.3) is 0 Å². The van der Waals surface area contributed by atoms with Crippen molar-refractivity contribution in [2.24, 2.45) is 0 Å². The minimum absolute atomic E-state index is 0. The van der Waals surface area contributed by atoms with Gasteiger partial charge < -0.3 is 5.92 Å². The molecular weight excluding hydrogens is 315 g/mol.